The number of benzene rings is 1. The third-order valence-corrected chi connectivity index (χ3v) is 2.08. The normalized spacial score (nSPS) is 11.9. The highest BCUT2D eigenvalue weighted by atomic mass is 16.6. The van der Waals surface area contributed by atoms with Gasteiger partial charge in [0.1, 0.15) is 25.0 Å². The van der Waals surface area contributed by atoms with Gasteiger partial charge in [0.15, 0.2) is 0 Å². The third-order valence-electron chi connectivity index (χ3n) is 2.08. The van der Waals surface area contributed by atoms with Gasteiger partial charge in [0, 0.05) is 0 Å². The van der Waals surface area contributed by atoms with Crippen LogP contribution in [-0.4, -0.2) is 25.2 Å². The highest BCUT2D eigenvalue weighted by Crippen LogP contribution is 2.07. The summed E-state index contributed by atoms with van der Waals surface area (Å²) in [5.41, 5.74) is 5.49. The van der Waals surface area contributed by atoms with Gasteiger partial charge >= 0.3 is 5.97 Å². The minimum absolute atomic E-state index is 0.224. The summed E-state index contributed by atoms with van der Waals surface area (Å²) in [5.74, 6) is 0.387. The fourth-order valence-corrected chi connectivity index (χ4v) is 1.09. The van der Waals surface area contributed by atoms with Crippen molar-refractivity contribution in [2.24, 2.45) is 5.73 Å². The standard InChI is InChI=1S/C12H17NO3/c1-2-11(13)12(14)16-9-8-15-10-6-4-3-5-7-10/h3-7,11H,2,8-9,13H2,1H3/t11-/m1/s1. The molecule has 1 atom stereocenters. The summed E-state index contributed by atoms with van der Waals surface area (Å²) in [5, 5.41) is 0. The maximum Gasteiger partial charge on any atom is 0.323 e. The first-order valence-electron chi connectivity index (χ1n) is 5.34. The van der Waals surface area contributed by atoms with Gasteiger partial charge in [-0.15, -0.1) is 0 Å². The molecule has 4 heteroatoms. The number of para-hydroxylation sites is 1. The van der Waals surface area contributed by atoms with Crippen molar-refractivity contribution in [3.8, 4) is 5.75 Å². The number of esters is 1. The van der Waals surface area contributed by atoms with Gasteiger partial charge in [-0.2, -0.15) is 0 Å². The third kappa shape index (κ3) is 4.31. The first-order valence-corrected chi connectivity index (χ1v) is 5.34. The molecule has 16 heavy (non-hydrogen) atoms. The van der Waals surface area contributed by atoms with Gasteiger partial charge in [-0.05, 0) is 18.6 Å². The number of carbonyl (C=O) groups is 1. The second-order valence-electron chi connectivity index (χ2n) is 3.34. The van der Waals surface area contributed by atoms with Crippen molar-refractivity contribution >= 4 is 5.97 Å². The highest BCUT2D eigenvalue weighted by molar-refractivity contribution is 5.75. The second-order valence-corrected chi connectivity index (χ2v) is 3.34. The van der Waals surface area contributed by atoms with Crippen LogP contribution in [0.15, 0.2) is 30.3 Å². The Labute approximate surface area is 95.3 Å². The molecular weight excluding hydrogens is 206 g/mol. The Balaban J connectivity index is 2.15. The Morgan fingerprint density at radius 3 is 2.62 bits per heavy atom. The average molecular weight is 223 g/mol. The van der Waals surface area contributed by atoms with Crippen molar-refractivity contribution in [1.82, 2.24) is 0 Å². The monoisotopic (exact) mass is 223 g/mol. The molecule has 0 aliphatic heterocycles. The van der Waals surface area contributed by atoms with E-state index in [1.165, 1.54) is 0 Å². The van der Waals surface area contributed by atoms with Crippen LogP contribution in [0.25, 0.3) is 0 Å². The molecule has 0 aromatic heterocycles. The Hall–Kier alpha value is -1.55. The van der Waals surface area contributed by atoms with Crippen LogP contribution < -0.4 is 10.5 Å². The zero-order chi connectivity index (χ0) is 11.8. The average Bonchev–Trinajstić information content (AvgIpc) is 2.34. The quantitative estimate of drug-likeness (QED) is 0.584. The molecule has 0 spiro atoms. The summed E-state index contributed by atoms with van der Waals surface area (Å²) >= 11 is 0. The van der Waals surface area contributed by atoms with Crippen molar-refractivity contribution in [2.75, 3.05) is 13.2 Å². The zero-order valence-electron chi connectivity index (χ0n) is 9.39. The number of ether oxygens (including phenoxy) is 2. The molecule has 0 radical (unpaired) electrons. The van der Waals surface area contributed by atoms with E-state index in [1.54, 1.807) is 0 Å². The van der Waals surface area contributed by atoms with Gasteiger partial charge in [-0.25, -0.2) is 0 Å². The molecule has 0 aliphatic rings. The minimum Gasteiger partial charge on any atom is -0.490 e. The molecule has 1 aromatic rings. The smallest absolute Gasteiger partial charge is 0.323 e. The lowest BCUT2D eigenvalue weighted by Crippen LogP contribution is -2.32. The van der Waals surface area contributed by atoms with E-state index in [4.69, 9.17) is 15.2 Å². The highest BCUT2D eigenvalue weighted by Gasteiger charge is 2.11. The fourth-order valence-electron chi connectivity index (χ4n) is 1.09. The lowest BCUT2D eigenvalue weighted by atomic mass is 10.2. The van der Waals surface area contributed by atoms with Crippen molar-refractivity contribution in [3.63, 3.8) is 0 Å². The SMILES string of the molecule is CC[C@@H](N)C(=O)OCCOc1ccccc1. The van der Waals surface area contributed by atoms with Crippen molar-refractivity contribution in [2.45, 2.75) is 19.4 Å². The van der Waals surface area contributed by atoms with Gasteiger partial charge in [-0.1, -0.05) is 25.1 Å². The lowest BCUT2D eigenvalue weighted by Gasteiger charge is -2.10. The molecule has 0 bridgehead atoms. The van der Waals surface area contributed by atoms with Crippen LogP contribution in [0.1, 0.15) is 13.3 Å². The summed E-state index contributed by atoms with van der Waals surface area (Å²) in [7, 11) is 0. The first kappa shape index (κ1) is 12.5. The van der Waals surface area contributed by atoms with E-state index in [1.807, 2.05) is 37.3 Å². The largest absolute Gasteiger partial charge is 0.490 e. The summed E-state index contributed by atoms with van der Waals surface area (Å²) in [4.78, 5) is 11.2. The molecule has 0 fully saturated rings. The minimum atomic E-state index is -0.531. The summed E-state index contributed by atoms with van der Waals surface area (Å²) in [6.45, 7) is 2.40. The van der Waals surface area contributed by atoms with Gasteiger partial charge in [0.05, 0.1) is 0 Å². The molecule has 0 saturated carbocycles. The molecule has 1 rings (SSSR count). The van der Waals surface area contributed by atoms with E-state index in [0.717, 1.165) is 5.75 Å². The number of hydrogen-bond donors (Lipinski definition) is 1. The van der Waals surface area contributed by atoms with Crippen LogP contribution in [-0.2, 0) is 9.53 Å². The van der Waals surface area contributed by atoms with E-state index in [9.17, 15) is 4.79 Å². The van der Waals surface area contributed by atoms with Gasteiger partial charge in [0.2, 0.25) is 0 Å². The number of nitrogens with two attached hydrogens (primary N) is 1. The van der Waals surface area contributed by atoms with Crippen molar-refractivity contribution < 1.29 is 14.3 Å². The summed E-state index contributed by atoms with van der Waals surface area (Å²) in [6, 6.07) is 8.84. The van der Waals surface area contributed by atoms with Crippen molar-refractivity contribution in [3.05, 3.63) is 30.3 Å². The Kier molecular flexibility index (Phi) is 5.36. The topological polar surface area (TPSA) is 61.6 Å². The van der Waals surface area contributed by atoms with Crippen LogP contribution in [0.3, 0.4) is 0 Å². The zero-order valence-corrected chi connectivity index (χ0v) is 9.39. The fraction of sp³-hybridized carbons (Fsp3) is 0.417. The molecule has 88 valence electrons. The van der Waals surface area contributed by atoms with Gasteiger partial charge < -0.3 is 15.2 Å². The van der Waals surface area contributed by atoms with E-state index in [0.29, 0.717) is 13.0 Å². The summed E-state index contributed by atoms with van der Waals surface area (Å²) in [6.07, 6.45) is 0.582. The van der Waals surface area contributed by atoms with Gasteiger partial charge in [0.25, 0.3) is 0 Å². The predicted octanol–water partition coefficient (Wildman–Crippen LogP) is 1.35. The molecule has 0 amide bonds. The van der Waals surface area contributed by atoms with Gasteiger partial charge in [-0.3, -0.25) is 4.79 Å². The van der Waals surface area contributed by atoms with E-state index >= 15 is 0 Å². The Morgan fingerprint density at radius 1 is 1.31 bits per heavy atom. The number of hydrogen-bond acceptors (Lipinski definition) is 4. The van der Waals surface area contributed by atoms with Crippen LogP contribution in [0.2, 0.25) is 0 Å². The molecule has 4 nitrogen and oxygen atoms in total. The molecule has 0 saturated heterocycles. The molecule has 0 aliphatic carbocycles. The predicted molar refractivity (Wildman–Crippen MR) is 61.2 cm³/mol. The van der Waals surface area contributed by atoms with Crippen LogP contribution in [0.5, 0.6) is 5.75 Å². The molecule has 2 N–H and O–H groups in total. The Bertz CT molecular complexity index is 313. The molecular formula is C12H17NO3. The van der Waals surface area contributed by atoms with Crippen LogP contribution in [0.4, 0.5) is 0 Å². The van der Waals surface area contributed by atoms with Crippen LogP contribution in [0, 0.1) is 0 Å². The molecule has 0 heterocycles. The van der Waals surface area contributed by atoms with E-state index in [-0.39, 0.29) is 12.6 Å². The van der Waals surface area contributed by atoms with E-state index < -0.39 is 6.04 Å². The van der Waals surface area contributed by atoms with E-state index in [2.05, 4.69) is 0 Å². The number of carbonyl (C=O) groups excluding carboxylic acids is 1. The summed E-state index contributed by atoms with van der Waals surface area (Å²) < 4.78 is 10.3. The first-order chi connectivity index (χ1) is 7.74. The molecule has 0 unspecified atom stereocenters. The second kappa shape index (κ2) is 6.85. The maximum atomic E-state index is 11.2. The lowest BCUT2D eigenvalue weighted by molar-refractivity contribution is -0.146. The number of rotatable bonds is 6. The van der Waals surface area contributed by atoms with Crippen LogP contribution >= 0.6 is 0 Å². The molecule has 1 aromatic carbocycles. The Morgan fingerprint density at radius 2 is 2.00 bits per heavy atom. The maximum absolute atomic E-state index is 11.2. The van der Waals surface area contributed by atoms with Crippen molar-refractivity contribution in [1.29, 1.82) is 0 Å².